The molecule has 4 aromatic rings. The molecule has 2 bridgehead atoms. The van der Waals surface area contributed by atoms with Crippen LogP contribution < -0.4 is 47.9 Å². The molecule has 1 saturated carbocycles. The molecule has 2 saturated heterocycles. The fraction of sp³-hybridized carbons (Fsp3) is 0.554. The van der Waals surface area contributed by atoms with Gasteiger partial charge < -0.3 is 88.5 Å². The number of urea groups is 2. The zero-order valence-electron chi connectivity index (χ0n) is 79.1. The second-order valence-corrected chi connectivity index (χ2v) is 35.1. The number of carboxylic acid groups (broad SMARTS) is 8. The largest absolute Gasteiger partial charge is 3.00 e. The fourth-order valence-electron chi connectivity index (χ4n) is 15.3. The van der Waals surface area contributed by atoms with Gasteiger partial charge in [-0.25, -0.2) is 19.2 Å². The van der Waals surface area contributed by atoms with Crippen LogP contribution >= 0.6 is 0 Å². The molecule has 142 heavy (non-hydrogen) atoms. The standard InChI is InChI=1S/C48H71N9O14.C42H60N6O15.2CO2.2Ga/c58-40(29-54-18-20-55(30-42(61)62)22-24-57(32-44(65)66)25-23-56(21-19-54)31-43(63)64)51-28-33-10-14-36(15-11-33)45(67)52-39(27-34-12-13-35-6-1-2-7-37(35)26-34)46(68)49-16-4-3-8-38(47(69)70)53-48(71)50-17-5-9-41(59)60;49-33-13-9-28(11-15-36(52)44-18-4-2-7-35(51)43-17-3-1-6-32(41(61)62)46-42(63)45-19-5-8-37(53)54)22-30(33)24-47(26-39(57)58)20-21-48(27-40(59)60)25-31-23-29(10-14-34(31)50)12-16-38(55)56;2*2-1-3;;/h1-2,6-7,12-13,26,33,36,38-39H,3-5,8-11,14-25,27-32H2,(H,49,68)(H,51,58)(H,52,67)(H,59,60)(H,61,62)(H,63,64)(H,65,66)(H,69,70)(H2,50,53,71);9-10,13-14,22-23,32,49-50H,1-8,11-12,15-21,24-27H2,(H,43,51)(H,44,52)(H,53,54)(H,55,56)(H,57,58)(H,59,60)(H,61,62)(H2,45,46,63);;;;/q;;;;+2;+3/p-2/t33?,36?,38-,39-;32-;;;;/m00..../s1/i;;;;2*1-2. The molecular formula is C92H129Ga2N15O33+3. The van der Waals surface area contributed by atoms with Crippen molar-refractivity contribution in [3.63, 3.8) is 0 Å². The Morgan fingerprint density at radius 1 is 0.423 bits per heavy atom. The first-order valence-corrected chi connectivity index (χ1v) is 48.2. The molecule has 19 N–H and O–H groups in total. The number of hydrogen-bond acceptors (Lipinski definition) is 31. The van der Waals surface area contributed by atoms with Crippen LogP contribution in [0.1, 0.15) is 150 Å². The van der Waals surface area contributed by atoms with Gasteiger partial charge >= 0.3 is 275 Å². The van der Waals surface area contributed by atoms with Crippen molar-refractivity contribution in [2.75, 3.05) is 144 Å². The number of rotatable bonds is 55. The summed E-state index contributed by atoms with van der Waals surface area (Å²) >= 11 is -2.03. The van der Waals surface area contributed by atoms with Crippen molar-refractivity contribution in [3.05, 3.63) is 107 Å². The number of aromatic hydroxyl groups is 2. The van der Waals surface area contributed by atoms with Gasteiger partial charge in [-0.15, -0.1) is 0 Å². The number of benzene rings is 4. The molecule has 9 amide bonds. The Kier molecular flexibility index (Phi) is 61.4. The Morgan fingerprint density at radius 2 is 0.852 bits per heavy atom. The number of carboxylic acids is 8. The number of phenolic OH excluding ortho intramolecular Hbond substituents is 2. The van der Waals surface area contributed by atoms with Crippen molar-refractivity contribution in [2.45, 2.75) is 172 Å². The van der Waals surface area contributed by atoms with E-state index in [4.69, 9.17) is 41.6 Å². The number of carbonyl (C=O) groups excluding carboxylic acids is 13. The van der Waals surface area contributed by atoms with Gasteiger partial charge in [0.15, 0.2) is 0 Å². The minimum absolute atomic E-state index is 0. The van der Waals surface area contributed by atoms with Crippen molar-refractivity contribution < 1.29 is 159 Å². The summed E-state index contributed by atoms with van der Waals surface area (Å²) in [7, 11) is 0. The third kappa shape index (κ3) is 55.4. The van der Waals surface area contributed by atoms with Crippen LogP contribution in [0.5, 0.6) is 11.5 Å². The smallest absolute Gasteiger partial charge is 0.480 e. The Balaban J connectivity index is 0.000000693. The van der Waals surface area contributed by atoms with Gasteiger partial charge in [-0.3, -0.25) is 53.0 Å². The molecule has 50 heteroatoms. The number of phenols is 2. The maximum Gasteiger partial charge on any atom is 3.00 e. The van der Waals surface area contributed by atoms with Crippen molar-refractivity contribution in [2.24, 2.45) is 11.8 Å². The fourth-order valence-corrected chi connectivity index (χ4v) is 16.2. The van der Waals surface area contributed by atoms with E-state index < -0.39 is 121 Å². The maximum atomic E-state index is 13.8. The molecule has 2 unspecified atom stereocenters. The van der Waals surface area contributed by atoms with Crippen molar-refractivity contribution in [3.8, 4) is 11.5 Å². The Labute approximate surface area is 840 Å². The molecule has 3 aliphatic rings. The molecular weight excluding hydrogens is 1980 g/mol. The summed E-state index contributed by atoms with van der Waals surface area (Å²) in [5, 5.41) is 121. The second kappa shape index (κ2) is 70.7. The number of nitrogens with one attached hydrogen (secondary N) is 9. The third-order valence-electron chi connectivity index (χ3n) is 22.7. The van der Waals surface area contributed by atoms with Gasteiger partial charge in [-0.05, 0) is 142 Å². The number of aryl methyl sites for hydroxylation is 2. The van der Waals surface area contributed by atoms with Crippen LogP contribution in [0.15, 0.2) is 78.9 Å². The normalized spacial score (nSPS) is 16.0. The molecule has 1 aliphatic carbocycles. The first kappa shape index (κ1) is 123. The van der Waals surface area contributed by atoms with E-state index in [1.807, 2.05) is 57.2 Å². The topological polar surface area (TPSA) is 707 Å². The summed E-state index contributed by atoms with van der Waals surface area (Å²) in [6.45, 7) is 3.72. The molecule has 48 nitrogen and oxygen atoms in total. The monoisotopic (exact) mass is 2110 g/mol. The minimum Gasteiger partial charge on any atom is -0.480 e. The SMILES string of the molecule is O=C(O)CCCNC(=O)N[C@@H](CCCCNC(=O)CCCCNC(=O)CCc1ccc(O)c(CN(CCN(CC(=O)O)Cc2cc(CCC(=O)O)ccc2O)CC(=O)O)c1)C(=O)O.O=C(O)CCCNC(=O)N[C@@H](CCCCNC(=O)[C@H](Cc1ccc2ccccc2c1)NC(=O)C1CCC(CNC(=O)CN2CCN3CCN(CC(=O)O)CCN(CC2)CC(=O)[O][68Ga][O]C(=O)C3)CC1)C(=O)O.O=C=O.O=C=O.[68Ga+3]. The summed E-state index contributed by atoms with van der Waals surface area (Å²) in [5.41, 5.74) is 2.99. The third-order valence-corrected chi connectivity index (χ3v) is 24.2. The molecule has 3 fully saturated rings. The summed E-state index contributed by atoms with van der Waals surface area (Å²) in [6.07, 6.45) is 7.02. The van der Waals surface area contributed by atoms with Crippen LogP contribution in [0.3, 0.4) is 0 Å². The van der Waals surface area contributed by atoms with Gasteiger partial charge in [0.1, 0.15) is 29.6 Å². The number of hydrogen-bond donors (Lipinski definition) is 19. The van der Waals surface area contributed by atoms with Crippen LogP contribution in [0.4, 0.5) is 9.59 Å². The van der Waals surface area contributed by atoms with E-state index in [1.165, 1.54) is 21.9 Å². The zero-order valence-corrected chi connectivity index (χ0v) is 84.0. The van der Waals surface area contributed by atoms with E-state index in [1.54, 1.807) is 29.2 Å². The van der Waals surface area contributed by atoms with E-state index in [-0.39, 0.29) is 228 Å². The van der Waals surface area contributed by atoms with Gasteiger partial charge in [0.2, 0.25) is 23.6 Å². The minimum atomic E-state index is -2.03. The first-order chi connectivity index (χ1) is 67.3. The quantitative estimate of drug-likeness (QED) is 0.0155. The molecule has 4 aromatic carbocycles. The molecule has 0 aromatic heterocycles. The second-order valence-electron chi connectivity index (χ2n) is 33.8. The first-order valence-electron chi connectivity index (χ1n) is 46.2. The molecule has 2 heterocycles. The molecule has 2 aliphatic heterocycles. The molecule has 7 rings (SSSR count). The number of nitrogens with zero attached hydrogens (tertiary/aromatic N) is 6. The van der Waals surface area contributed by atoms with E-state index >= 15 is 0 Å². The number of carbonyl (C=O) groups is 17. The van der Waals surface area contributed by atoms with Gasteiger partial charge in [0.05, 0.1) is 13.1 Å². The number of amides is 9. The summed E-state index contributed by atoms with van der Waals surface area (Å²) in [4.78, 5) is 249. The van der Waals surface area contributed by atoms with E-state index in [0.717, 1.165) is 16.3 Å². The predicted octanol–water partition coefficient (Wildman–Crippen LogP) is -0.203. The Hall–Kier alpha value is -12.9. The zero-order chi connectivity index (χ0) is 104. The number of fused-ring (bicyclic) bond motifs is 7. The predicted molar refractivity (Wildman–Crippen MR) is 502 cm³/mol. The van der Waals surface area contributed by atoms with Crippen LogP contribution in [0, 0.1) is 11.8 Å². The molecule has 0 spiro atoms. The van der Waals surface area contributed by atoms with E-state index in [2.05, 4.69) is 47.9 Å². The van der Waals surface area contributed by atoms with Crippen molar-refractivity contribution >= 4 is 162 Å². The van der Waals surface area contributed by atoms with Crippen molar-refractivity contribution in [1.82, 2.24) is 77.3 Å². The van der Waals surface area contributed by atoms with Crippen molar-refractivity contribution in [1.29, 1.82) is 0 Å². The average Bonchev–Trinajstić information content (AvgIpc) is 0.875. The summed E-state index contributed by atoms with van der Waals surface area (Å²) < 4.78 is 10.6. The molecule has 1 radical (unpaired) electrons. The molecule has 773 valence electrons. The number of aliphatic carboxylic acids is 8. The van der Waals surface area contributed by atoms with Gasteiger partial charge in [-0.1, -0.05) is 66.7 Å². The summed E-state index contributed by atoms with van der Waals surface area (Å²) in [5.74, 6) is -11.4. The maximum absolute atomic E-state index is 13.8. The number of unbranched alkanes of at least 4 members (excludes halogenated alkanes) is 3. The Bertz CT molecular complexity index is 4780. The average molecular weight is 2110 g/mol. The molecule has 5 atom stereocenters. The van der Waals surface area contributed by atoms with Crippen LogP contribution in [0.25, 0.3) is 10.8 Å². The Morgan fingerprint density at radius 3 is 1.31 bits per heavy atom. The van der Waals surface area contributed by atoms with E-state index in [9.17, 15) is 117 Å². The summed E-state index contributed by atoms with van der Waals surface area (Å²) in [6, 6.07) is 18.4. The van der Waals surface area contributed by atoms with Crippen LogP contribution in [-0.2, 0) is 131 Å². The van der Waals surface area contributed by atoms with Gasteiger partial charge in [-0.2, -0.15) is 19.2 Å². The van der Waals surface area contributed by atoms with E-state index in [0.29, 0.717) is 165 Å². The van der Waals surface area contributed by atoms with Gasteiger partial charge in [0, 0.05) is 114 Å². The van der Waals surface area contributed by atoms with Gasteiger partial charge in [0.25, 0.3) is 0 Å². The van der Waals surface area contributed by atoms with Crippen LogP contribution in [0.2, 0.25) is 0 Å². The van der Waals surface area contributed by atoms with Crippen LogP contribution in [-0.4, -0.2) is 394 Å².